The van der Waals surface area contributed by atoms with E-state index in [1.54, 1.807) is 29.2 Å². The van der Waals surface area contributed by atoms with Gasteiger partial charge < -0.3 is 10.6 Å². The Morgan fingerprint density at radius 1 is 1.15 bits per heavy atom. The zero-order valence-corrected chi connectivity index (χ0v) is 16.1. The molecule has 2 aromatic rings. The molecule has 1 aliphatic heterocycles. The van der Waals surface area contributed by atoms with Gasteiger partial charge in [-0.15, -0.1) is 12.4 Å². The summed E-state index contributed by atoms with van der Waals surface area (Å²) in [7, 11) is -3.79. The van der Waals surface area contributed by atoms with Gasteiger partial charge in [-0.2, -0.15) is 0 Å². The maximum Gasteiger partial charge on any atom is 0.261 e. The molecule has 0 saturated carbocycles. The summed E-state index contributed by atoms with van der Waals surface area (Å²) < 4.78 is 39.9. The summed E-state index contributed by atoms with van der Waals surface area (Å²) in [5, 5.41) is 0. The summed E-state index contributed by atoms with van der Waals surface area (Å²) in [4.78, 5) is 13.9. The maximum atomic E-state index is 12.9. The predicted octanol–water partition coefficient (Wildman–Crippen LogP) is 2.15. The Morgan fingerprint density at radius 2 is 1.78 bits per heavy atom. The number of benzene rings is 2. The minimum absolute atomic E-state index is 0. The Balaban J connectivity index is 0.00000261. The number of hydrogen-bond donors (Lipinski definition) is 2. The number of carbonyl (C=O) groups excluding carboxylic acids is 1. The number of nitrogens with one attached hydrogen (secondary N) is 1. The van der Waals surface area contributed by atoms with Gasteiger partial charge in [-0.05, 0) is 48.4 Å². The highest BCUT2D eigenvalue weighted by atomic mass is 35.5. The monoisotopic (exact) mass is 413 g/mol. The van der Waals surface area contributed by atoms with Gasteiger partial charge in [0, 0.05) is 24.8 Å². The van der Waals surface area contributed by atoms with Crippen molar-refractivity contribution < 1.29 is 17.6 Å². The van der Waals surface area contributed by atoms with E-state index in [4.69, 9.17) is 5.73 Å². The second-order valence-corrected chi connectivity index (χ2v) is 8.00. The second-order valence-electron chi connectivity index (χ2n) is 6.32. The van der Waals surface area contributed by atoms with Crippen molar-refractivity contribution in [3.05, 3.63) is 59.9 Å². The predicted molar refractivity (Wildman–Crippen MR) is 104 cm³/mol. The van der Waals surface area contributed by atoms with E-state index in [0.29, 0.717) is 18.8 Å². The van der Waals surface area contributed by atoms with E-state index < -0.39 is 15.8 Å². The fourth-order valence-corrected chi connectivity index (χ4v) is 3.88. The third-order valence-corrected chi connectivity index (χ3v) is 5.66. The van der Waals surface area contributed by atoms with Crippen molar-refractivity contribution in [1.82, 2.24) is 4.90 Å². The minimum atomic E-state index is -3.79. The molecule has 1 aliphatic rings. The van der Waals surface area contributed by atoms with Crippen LogP contribution in [0.3, 0.4) is 0 Å². The molecule has 1 heterocycles. The van der Waals surface area contributed by atoms with Gasteiger partial charge in [0.15, 0.2) is 0 Å². The molecule has 3 N–H and O–H groups in total. The highest BCUT2D eigenvalue weighted by molar-refractivity contribution is 7.92. The van der Waals surface area contributed by atoms with Crippen LogP contribution in [0.2, 0.25) is 0 Å². The van der Waals surface area contributed by atoms with Gasteiger partial charge in [0.2, 0.25) is 5.91 Å². The van der Waals surface area contributed by atoms with Gasteiger partial charge in [-0.25, -0.2) is 12.8 Å². The lowest BCUT2D eigenvalue weighted by atomic mass is 10.1. The average Bonchev–Trinajstić information content (AvgIpc) is 3.03. The van der Waals surface area contributed by atoms with Gasteiger partial charge in [0.05, 0.1) is 11.3 Å². The third kappa shape index (κ3) is 5.41. The fourth-order valence-electron chi connectivity index (χ4n) is 2.82. The molecule has 0 bridgehead atoms. The standard InChI is InChI=1S/C18H20FN3O3S.ClH/c19-14-3-7-17(8-4-14)26(24,25)21-16-5-1-13(2-6-16)11-18(23)22-10-9-15(20)12-22;/h1-8,15,21H,9-12,20H2;1H/t15-;/m1./s1. The molecule has 0 radical (unpaired) electrons. The van der Waals surface area contributed by atoms with Crippen molar-refractivity contribution in [1.29, 1.82) is 0 Å². The van der Waals surface area contributed by atoms with Crippen molar-refractivity contribution in [3.8, 4) is 0 Å². The summed E-state index contributed by atoms with van der Waals surface area (Å²) in [6.45, 7) is 1.25. The molecule has 9 heteroatoms. The Labute approximate surface area is 164 Å². The number of halogens is 2. The Morgan fingerprint density at radius 3 is 2.33 bits per heavy atom. The van der Waals surface area contributed by atoms with Crippen LogP contribution in [0, 0.1) is 5.82 Å². The molecule has 1 amide bonds. The molecule has 0 aliphatic carbocycles. The average molecular weight is 414 g/mol. The fraction of sp³-hybridized carbons (Fsp3) is 0.278. The summed E-state index contributed by atoms with van der Waals surface area (Å²) in [5.41, 5.74) is 6.97. The van der Waals surface area contributed by atoms with Crippen molar-refractivity contribution in [2.75, 3.05) is 17.8 Å². The number of likely N-dealkylation sites (tertiary alicyclic amines) is 1. The van der Waals surface area contributed by atoms with E-state index >= 15 is 0 Å². The molecule has 1 saturated heterocycles. The number of rotatable bonds is 5. The van der Waals surface area contributed by atoms with E-state index in [1.807, 2.05) is 0 Å². The molecular formula is C18H21ClFN3O3S. The lowest BCUT2D eigenvalue weighted by Crippen LogP contribution is -2.32. The van der Waals surface area contributed by atoms with E-state index in [2.05, 4.69) is 4.72 Å². The normalized spacial score (nSPS) is 16.7. The molecule has 6 nitrogen and oxygen atoms in total. The van der Waals surface area contributed by atoms with Gasteiger partial charge in [-0.3, -0.25) is 9.52 Å². The van der Waals surface area contributed by atoms with Crippen LogP contribution < -0.4 is 10.5 Å². The van der Waals surface area contributed by atoms with Gasteiger partial charge in [0.1, 0.15) is 5.82 Å². The van der Waals surface area contributed by atoms with Crippen LogP contribution in [-0.4, -0.2) is 38.4 Å². The first kappa shape index (κ1) is 21.1. The summed E-state index contributed by atoms with van der Waals surface area (Å²) in [6, 6.07) is 11.2. The molecule has 3 rings (SSSR count). The summed E-state index contributed by atoms with van der Waals surface area (Å²) in [5.74, 6) is -0.491. The van der Waals surface area contributed by atoms with Gasteiger partial charge in [-0.1, -0.05) is 12.1 Å². The Bertz CT molecular complexity index is 889. The van der Waals surface area contributed by atoms with Crippen LogP contribution >= 0.6 is 12.4 Å². The Hall–Kier alpha value is -2.16. The van der Waals surface area contributed by atoms with E-state index in [1.165, 1.54) is 12.1 Å². The number of carbonyl (C=O) groups is 1. The lowest BCUT2D eigenvalue weighted by molar-refractivity contribution is -0.129. The Kier molecular flexibility index (Phi) is 6.80. The first-order valence-electron chi connectivity index (χ1n) is 8.24. The smallest absolute Gasteiger partial charge is 0.261 e. The third-order valence-electron chi connectivity index (χ3n) is 4.26. The quantitative estimate of drug-likeness (QED) is 0.785. The number of hydrogen-bond acceptors (Lipinski definition) is 4. The molecule has 0 unspecified atom stereocenters. The van der Waals surface area contributed by atoms with Crippen LogP contribution in [0.1, 0.15) is 12.0 Å². The molecule has 0 spiro atoms. The molecular weight excluding hydrogens is 393 g/mol. The van der Waals surface area contributed by atoms with Crippen molar-refractivity contribution in [2.45, 2.75) is 23.8 Å². The van der Waals surface area contributed by atoms with Crippen molar-refractivity contribution in [2.24, 2.45) is 5.73 Å². The molecule has 1 fully saturated rings. The van der Waals surface area contributed by atoms with Crippen LogP contribution in [0.4, 0.5) is 10.1 Å². The zero-order chi connectivity index (χ0) is 18.7. The molecule has 146 valence electrons. The number of nitrogens with two attached hydrogens (primary N) is 1. The summed E-state index contributed by atoms with van der Waals surface area (Å²) in [6.07, 6.45) is 1.06. The number of anilines is 1. The van der Waals surface area contributed by atoms with Gasteiger partial charge >= 0.3 is 0 Å². The van der Waals surface area contributed by atoms with Crippen molar-refractivity contribution in [3.63, 3.8) is 0 Å². The van der Waals surface area contributed by atoms with Crippen LogP contribution in [0.15, 0.2) is 53.4 Å². The SMILES string of the molecule is Cl.N[C@@H]1CCN(C(=O)Cc2ccc(NS(=O)(=O)c3ccc(F)cc3)cc2)C1. The highest BCUT2D eigenvalue weighted by Gasteiger charge is 2.23. The molecule has 2 aromatic carbocycles. The topological polar surface area (TPSA) is 92.5 Å². The second kappa shape index (κ2) is 8.69. The summed E-state index contributed by atoms with van der Waals surface area (Å²) >= 11 is 0. The van der Waals surface area contributed by atoms with Gasteiger partial charge in [0.25, 0.3) is 10.0 Å². The van der Waals surface area contributed by atoms with E-state index in [-0.39, 0.29) is 35.7 Å². The zero-order valence-electron chi connectivity index (χ0n) is 14.5. The minimum Gasteiger partial charge on any atom is -0.341 e. The van der Waals surface area contributed by atoms with Crippen LogP contribution in [0.5, 0.6) is 0 Å². The highest BCUT2D eigenvalue weighted by Crippen LogP contribution is 2.18. The largest absolute Gasteiger partial charge is 0.341 e. The van der Waals surface area contributed by atoms with E-state index in [9.17, 15) is 17.6 Å². The van der Waals surface area contributed by atoms with Crippen molar-refractivity contribution >= 4 is 34.0 Å². The number of nitrogens with zero attached hydrogens (tertiary/aromatic N) is 1. The first-order chi connectivity index (χ1) is 12.3. The number of amides is 1. The molecule has 27 heavy (non-hydrogen) atoms. The van der Waals surface area contributed by atoms with E-state index in [0.717, 1.165) is 24.1 Å². The van der Waals surface area contributed by atoms with Crippen LogP contribution in [-0.2, 0) is 21.2 Å². The number of sulfonamides is 1. The maximum absolute atomic E-state index is 12.9. The first-order valence-corrected chi connectivity index (χ1v) is 9.72. The lowest BCUT2D eigenvalue weighted by Gasteiger charge is -2.16. The van der Waals surface area contributed by atoms with Crippen LogP contribution in [0.25, 0.3) is 0 Å². The molecule has 1 atom stereocenters. The molecule has 0 aromatic heterocycles.